The summed E-state index contributed by atoms with van der Waals surface area (Å²) in [4.78, 5) is 21.9. The summed E-state index contributed by atoms with van der Waals surface area (Å²) >= 11 is 0. The number of benzene rings is 2. The van der Waals surface area contributed by atoms with E-state index < -0.39 is 33.2 Å². The normalized spacial score (nSPS) is 10.9. The van der Waals surface area contributed by atoms with Crippen LogP contribution in [0, 0.1) is 0 Å². The number of hydrogen-bond donors (Lipinski definition) is 2. The molecule has 0 aliphatic heterocycles. The Morgan fingerprint density at radius 3 is 2.17 bits per heavy atom. The van der Waals surface area contributed by atoms with Crippen molar-refractivity contribution in [1.29, 1.82) is 0 Å². The zero-order valence-electron chi connectivity index (χ0n) is 12.3. The number of aromatic carboxylic acids is 2. The summed E-state index contributed by atoms with van der Waals surface area (Å²) in [6.45, 7) is 0. The van der Waals surface area contributed by atoms with Crippen molar-refractivity contribution >= 4 is 22.1 Å². The van der Waals surface area contributed by atoms with E-state index in [1.165, 1.54) is 25.3 Å². The molecule has 8 nitrogen and oxygen atoms in total. The van der Waals surface area contributed by atoms with E-state index in [1.54, 1.807) is 6.07 Å². The number of rotatable bonds is 6. The molecule has 0 bridgehead atoms. The summed E-state index contributed by atoms with van der Waals surface area (Å²) in [5, 5.41) is 18.0. The molecular formula is C15H12O8S. The van der Waals surface area contributed by atoms with Crippen LogP contribution in [0.5, 0.6) is 11.5 Å². The zero-order chi connectivity index (χ0) is 17.9. The van der Waals surface area contributed by atoms with Gasteiger partial charge in [-0.1, -0.05) is 6.07 Å². The highest BCUT2D eigenvalue weighted by Crippen LogP contribution is 2.24. The predicted molar refractivity (Wildman–Crippen MR) is 81.2 cm³/mol. The monoisotopic (exact) mass is 352 g/mol. The molecule has 0 saturated carbocycles. The maximum absolute atomic E-state index is 12.2. The molecule has 0 aliphatic carbocycles. The Balaban J connectivity index is 2.41. The van der Waals surface area contributed by atoms with Crippen molar-refractivity contribution in [2.75, 3.05) is 7.11 Å². The molecule has 2 aromatic carbocycles. The summed E-state index contributed by atoms with van der Waals surface area (Å²) in [6.07, 6.45) is 0. The van der Waals surface area contributed by atoms with Crippen LogP contribution in [-0.4, -0.2) is 37.7 Å². The molecule has 0 unspecified atom stereocenters. The average molecular weight is 352 g/mol. The first-order valence-electron chi connectivity index (χ1n) is 6.44. The van der Waals surface area contributed by atoms with Gasteiger partial charge < -0.3 is 19.1 Å². The summed E-state index contributed by atoms with van der Waals surface area (Å²) in [6, 6.07) is 8.37. The van der Waals surface area contributed by atoms with E-state index in [-0.39, 0.29) is 10.6 Å². The molecule has 0 aliphatic rings. The number of hydrogen-bond acceptors (Lipinski definition) is 6. The lowest BCUT2D eigenvalue weighted by Gasteiger charge is -2.09. The van der Waals surface area contributed by atoms with Crippen molar-refractivity contribution in [2.24, 2.45) is 0 Å². The second-order valence-electron chi connectivity index (χ2n) is 4.53. The van der Waals surface area contributed by atoms with Gasteiger partial charge in [0.15, 0.2) is 0 Å². The molecule has 2 aromatic rings. The Morgan fingerprint density at radius 1 is 0.917 bits per heavy atom. The minimum absolute atomic E-state index is 0.193. The lowest BCUT2D eigenvalue weighted by atomic mass is 10.1. The number of carboxylic acid groups (broad SMARTS) is 2. The van der Waals surface area contributed by atoms with Crippen LogP contribution >= 0.6 is 0 Å². The third kappa shape index (κ3) is 3.63. The fourth-order valence-corrected chi connectivity index (χ4v) is 2.83. The van der Waals surface area contributed by atoms with Crippen LogP contribution in [0.1, 0.15) is 20.7 Å². The minimum atomic E-state index is -4.24. The van der Waals surface area contributed by atoms with Crippen LogP contribution in [0.4, 0.5) is 0 Å². The first-order valence-corrected chi connectivity index (χ1v) is 7.84. The summed E-state index contributed by atoms with van der Waals surface area (Å²) in [5.74, 6) is -2.99. The van der Waals surface area contributed by atoms with Crippen LogP contribution in [0.15, 0.2) is 47.4 Å². The van der Waals surface area contributed by atoms with Gasteiger partial charge >= 0.3 is 22.1 Å². The first kappa shape index (κ1) is 17.3. The van der Waals surface area contributed by atoms with Gasteiger partial charge in [0.25, 0.3) is 0 Å². The molecule has 2 rings (SSSR count). The van der Waals surface area contributed by atoms with E-state index in [0.29, 0.717) is 5.75 Å². The maximum Gasteiger partial charge on any atom is 0.339 e. The molecule has 0 heterocycles. The van der Waals surface area contributed by atoms with Crippen LogP contribution in [0.3, 0.4) is 0 Å². The van der Waals surface area contributed by atoms with Gasteiger partial charge in [-0.3, -0.25) is 0 Å². The molecule has 0 amide bonds. The first-order chi connectivity index (χ1) is 11.2. The molecule has 24 heavy (non-hydrogen) atoms. The largest absolute Gasteiger partial charge is 0.497 e. The van der Waals surface area contributed by atoms with E-state index in [4.69, 9.17) is 19.1 Å². The third-order valence-electron chi connectivity index (χ3n) is 2.99. The van der Waals surface area contributed by atoms with Gasteiger partial charge in [-0.25, -0.2) is 9.59 Å². The van der Waals surface area contributed by atoms with Gasteiger partial charge in [0.1, 0.15) is 16.4 Å². The van der Waals surface area contributed by atoms with Crippen molar-refractivity contribution in [3.05, 3.63) is 53.6 Å². The second-order valence-corrected chi connectivity index (χ2v) is 6.08. The molecule has 0 spiro atoms. The van der Waals surface area contributed by atoms with Crippen LogP contribution < -0.4 is 8.92 Å². The van der Waals surface area contributed by atoms with Crippen LogP contribution in [0.25, 0.3) is 0 Å². The third-order valence-corrected chi connectivity index (χ3v) is 4.23. The van der Waals surface area contributed by atoms with Gasteiger partial charge in [-0.2, -0.15) is 8.42 Å². The van der Waals surface area contributed by atoms with Gasteiger partial charge in [-0.05, 0) is 30.3 Å². The minimum Gasteiger partial charge on any atom is -0.497 e. The lowest BCUT2D eigenvalue weighted by molar-refractivity contribution is 0.0651. The lowest BCUT2D eigenvalue weighted by Crippen LogP contribution is -2.12. The average Bonchev–Trinajstić information content (AvgIpc) is 2.54. The molecule has 0 atom stereocenters. The van der Waals surface area contributed by atoms with Crippen molar-refractivity contribution < 1.29 is 37.1 Å². The van der Waals surface area contributed by atoms with Crippen molar-refractivity contribution in [1.82, 2.24) is 0 Å². The standard InChI is InChI=1S/C15H12O8S/c1-22-9-3-2-4-11(7-9)24(20,21)23-10-5-6-12(14(16)17)13(8-10)15(18)19/h2-8H,1H3,(H,16,17)(H,18,19). The Hall–Kier alpha value is -3.07. The molecule has 0 saturated heterocycles. The predicted octanol–water partition coefficient (Wildman–Crippen LogP) is 1.86. The Labute approximate surface area is 137 Å². The van der Waals surface area contributed by atoms with Gasteiger partial charge in [0, 0.05) is 6.07 Å². The van der Waals surface area contributed by atoms with E-state index in [1.807, 2.05) is 0 Å². The van der Waals surface area contributed by atoms with Crippen LogP contribution in [-0.2, 0) is 10.1 Å². The maximum atomic E-state index is 12.2. The SMILES string of the molecule is COc1cccc(S(=O)(=O)Oc2ccc(C(=O)O)c(C(=O)O)c2)c1. The topological polar surface area (TPSA) is 127 Å². The Kier molecular flexibility index (Phi) is 4.74. The summed E-state index contributed by atoms with van der Waals surface area (Å²) in [5.41, 5.74) is -1.06. The molecule has 9 heteroatoms. The highest BCUT2D eigenvalue weighted by Gasteiger charge is 2.21. The molecule has 0 aromatic heterocycles. The quantitative estimate of drug-likeness (QED) is 0.754. The number of carboxylic acids is 2. The fraction of sp³-hybridized carbons (Fsp3) is 0.0667. The van der Waals surface area contributed by atoms with Crippen molar-refractivity contribution in [3.63, 3.8) is 0 Å². The zero-order valence-corrected chi connectivity index (χ0v) is 13.1. The highest BCUT2D eigenvalue weighted by atomic mass is 32.2. The smallest absolute Gasteiger partial charge is 0.339 e. The Morgan fingerprint density at radius 2 is 1.58 bits per heavy atom. The molecule has 0 radical (unpaired) electrons. The molecule has 0 fully saturated rings. The molecular weight excluding hydrogens is 340 g/mol. The summed E-state index contributed by atoms with van der Waals surface area (Å²) in [7, 11) is -2.87. The highest BCUT2D eigenvalue weighted by molar-refractivity contribution is 7.87. The summed E-state index contributed by atoms with van der Waals surface area (Å²) < 4.78 is 34.3. The van der Waals surface area contributed by atoms with Gasteiger partial charge in [-0.15, -0.1) is 0 Å². The van der Waals surface area contributed by atoms with Crippen molar-refractivity contribution in [3.8, 4) is 11.5 Å². The van der Waals surface area contributed by atoms with E-state index in [2.05, 4.69) is 0 Å². The molecule has 126 valence electrons. The van der Waals surface area contributed by atoms with E-state index in [0.717, 1.165) is 18.2 Å². The van der Waals surface area contributed by atoms with Gasteiger partial charge in [0.05, 0.1) is 18.2 Å². The van der Waals surface area contributed by atoms with Crippen LogP contribution in [0.2, 0.25) is 0 Å². The molecule has 2 N–H and O–H groups in total. The number of methoxy groups -OCH3 is 1. The van der Waals surface area contributed by atoms with E-state index in [9.17, 15) is 18.0 Å². The van der Waals surface area contributed by atoms with E-state index >= 15 is 0 Å². The fourth-order valence-electron chi connectivity index (χ4n) is 1.87. The van der Waals surface area contributed by atoms with Crippen molar-refractivity contribution in [2.45, 2.75) is 4.90 Å². The van der Waals surface area contributed by atoms with Gasteiger partial charge in [0.2, 0.25) is 0 Å². The second kappa shape index (κ2) is 6.59. The Bertz CT molecular complexity index is 901. The number of carbonyl (C=O) groups is 2. The number of ether oxygens (including phenoxy) is 1.